The average Bonchev–Trinajstić information content (AvgIpc) is 0.869. The molecule has 0 spiro atoms. The molecule has 4 aliphatic heterocycles. The van der Waals surface area contributed by atoms with Crippen LogP contribution in [0, 0.1) is 0 Å². The summed E-state index contributed by atoms with van der Waals surface area (Å²) in [5.41, 5.74) is 5.73. The highest BCUT2D eigenvalue weighted by molar-refractivity contribution is 5.99. The minimum absolute atomic E-state index is 0.0688. The normalized spacial score (nSPS) is 28.7. The van der Waals surface area contributed by atoms with Crippen LogP contribution in [0.15, 0.2) is 12.5 Å². The van der Waals surface area contributed by atoms with Crippen molar-refractivity contribution >= 4 is 76.9 Å². The van der Waals surface area contributed by atoms with Crippen molar-refractivity contribution in [3.63, 3.8) is 0 Å². The van der Waals surface area contributed by atoms with E-state index in [1.165, 1.54) is 6.20 Å². The highest BCUT2D eigenvalue weighted by Crippen LogP contribution is 2.33. The average molecular weight is 1590 g/mol. The number of aromatic amines is 1. The van der Waals surface area contributed by atoms with Crippen LogP contribution in [0.4, 0.5) is 0 Å². The Labute approximate surface area is 625 Å². The van der Waals surface area contributed by atoms with Gasteiger partial charge in [0.05, 0.1) is 63.8 Å². The molecule has 48 nitrogen and oxygen atoms in total. The summed E-state index contributed by atoms with van der Waals surface area (Å²) in [4.78, 5) is 182. The highest BCUT2D eigenvalue weighted by Gasteiger charge is 2.55. The summed E-state index contributed by atoms with van der Waals surface area (Å²) in [5, 5.41) is 180. The molecule has 48 heteroatoms. The molecule has 4 aliphatic rings. The van der Waals surface area contributed by atoms with E-state index in [1.54, 1.807) is 0 Å². The molecule has 0 bridgehead atoms. The number of amides is 11. The van der Waals surface area contributed by atoms with Gasteiger partial charge in [0.15, 0.2) is 18.9 Å². The summed E-state index contributed by atoms with van der Waals surface area (Å²) in [6, 6.07) is -20.9. The van der Waals surface area contributed by atoms with Crippen LogP contribution in [-0.2, 0) is 97.2 Å². The zero-order valence-corrected chi connectivity index (χ0v) is 60.2. The van der Waals surface area contributed by atoms with Crippen LogP contribution in [0.1, 0.15) is 72.9 Å². The van der Waals surface area contributed by atoms with E-state index in [2.05, 4.69) is 63.1 Å². The van der Waals surface area contributed by atoms with Crippen LogP contribution in [-0.4, -0.2) is 385 Å². The van der Waals surface area contributed by atoms with Gasteiger partial charge in [0.25, 0.3) is 0 Å². The number of likely N-dealkylation sites (tertiary alicyclic amines) is 1. The van der Waals surface area contributed by atoms with Crippen LogP contribution in [0.2, 0.25) is 0 Å². The minimum Gasteiger partial charge on any atom is -0.481 e. The highest BCUT2D eigenvalue weighted by atomic mass is 16.7. The molecule has 4 saturated heterocycles. The smallest absolute Gasteiger partial charge is 0.322 e. The van der Waals surface area contributed by atoms with Crippen LogP contribution in [0.3, 0.4) is 0 Å². The molecule has 1 aromatic rings. The number of rotatable bonds is 40. The summed E-state index contributed by atoms with van der Waals surface area (Å²) in [5.74, 6) is -16.3. The maximum Gasteiger partial charge on any atom is 0.322 e. The van der Waals surface area contributed by atoms with Crippen molar-refractivity contribution in [1.29, 1.82) is 0 Å². The lowest BCUT2D eigenvalue weighted by Gasteiger charge is -2.48. The van der Waals surface area contributed by atoms with Crippen molar-refractivity contribution in [2.75, 3.05) is 46.1 Å². The molecule has 622 valence electrons. The molecule has 5 rings (SSSR count). The number of carboxylic acids is 2. The third-order valence-electron chi connectivity index (χ3n) is 18.0. The van der Waals surface area contributed by atoms with E-state index < -0.39 is 307 Å². The molecule has 11 amide bonds. The van der Waals surface area contributed by atoms with Crippen LogP contribution >= 0.6 is 0 Å². The molecule has 5 heterocycles. The molecule has 0 radical (unpaired) electrons. The first-order valence-corrected chi connectivity index (χ1v) is 34.6. The number of aliphatic carboxylic acids is 2. The number of imidazole rings is 1. The molecular weight excluding hydrogens is 1480 g/mol. The van der Waals surface area contributed by atoms with Crippen molar-refractivity contribution in [3.8, 4) is 0 Å². The summed E-state index contributed by atoms with van der Waals surface area (Å²) < 4.78 is 35.8. The van der Waals surface area contributed by atoms with Gasteiger partial charge >= 0.3 is 11.9 Å². The van der Waals surface area contributed by atoms with E-state index in [0.29, 0.717) is 0 Å². The number of hydrogen-bond acceptors (Lipinski definition) is 34. The van der Waals surface area contributed by atoms with Crippen LogP contribution in [0.25, 0.3) is 0 Å². The van der Waals surface area contributed by atoms with Crippen molar-refractivity contribution in [1.82, 2.24) is 68.0 Å². The molecule has 0 saturated carbocycles. The number of aliphatic hydroxyl groups excluding tert-OH is 13. The first-order valence-electron chi connectivity index (χ1n) is 34.6. The van der Waals surface area contributed by atoms with Crippen molar-refractivity contribution < 1.29 is 167 Å². The van der Waals surface area contributed by atoms with Crippen molar-refractivity contribution in [2.24, 2.45) is 5.73 Å². The fourth-order valence-corrected chi connectivity index (χ4v) is 11.9. The van der Waals surface area contributed by atoms with Gasteiger partial charge < -0.3 is 174 Å². The molecule has 4 fully saturated rings. The predicted molar refractivity (Wildman–Crippen MR) is 358 cm³/mol. The number of nitrogens with zero attached hydrogens (tertiary/aromatic N) is 2. The van der Waals surface area contributed by atoms with Gasteiger partial charge in [-0.3, -0.25) is 62.3 Å². The van der Waals surface area contributed by atoms with E-state index in [0.717, 1.165) is 52.8 Å². The second-order valence-electron chi connectivity index (χ2n) is 26.5. The van der Waals surface area contributed by atoms with Gasteiger partial charge in [-0.2, -0.15) is 0 Å². The monoisotopic (exact) mass is 1580 g/mol. The lowest BCUT2D eigenvalue weighted by molar-refractivity contribution is -0.352. The van der Waals surface area contributed by atoms with Gasteiger partial charge in [0.1, 0.15) is 134 Å². The number of carboxylic acid groups (broad SMARTS) is 2. The molecular formula is C62H100N14O34. The summed E-state index contributed by atoms with van der Waals surface area (Å²) >= 11 is 0. The summed E-state index contributed by atoms with van der Waals surface area (Å²) in [6.45, 7) is -0.609. The zero-order valence-electron chi connectivity index (χ0n) is 60.2. The Bertz CT molecular complexity index is 3290. The van der Waals surface area contributed by atoms with Gasteiger partial charge in [-0.15, -0.1) is 0 Å². The lowest BCUT2D eigenvalue weighted by Crippen LogP contribution is -2.69. The molecule has 0 unspecified atom stereocenters. The van der Waals surface area contributed by atoms with Gasteiger partial charge in [0.2, 0.25) is 65.0 Å². The Morgan fingerprint density at radius 2 is 1.08 bits per heavy atom. The molecule has 0 aromatic carbocycles. The number of aromatic nitrogens is 2. The fourth-order valence-electron chi connectivity index (χ4n) is 11.9. The van der Waals surface area contributed by atoms with Crippen LogP contribution < -0.4 is 58.9 Å². The Morgan fingerprint density at radius 3 is 1.62 bits per heavy atom. The topological polar surface area (TPSA) is 759 Å². The van der Waals surface area contributed by atoms with E-state index in [9.17, 15) is 134 Å². The fraction of sp³-hybridized carbons (Fsp3) is 0.742. The largest absolute Gasteiger partial charge is 0.481 e. The quantitative estimate of drug-likeness (QED) is 0.0290. The number of ether oxygens (including phenoxy) is 6. The summed E-state index contributed by atoms with van der Waals surface area (Å²) in [6.07, 6.45) is -32.2. The Hall–Kier alpha value is -8.48. The standard InChI is InChI=1S/C62H100N14O34/c1-21(81)38(63)56(101)69-28(9-10-36(86)87)51(96)73-40(23(3)83)58(103)74-39(22(2)82)57(102)72-30(15-77)53(98)70-29(12-27-13-64-20-66-27)52(97)71-31(16-78)54(99)75-41(59(104)76-11-7-8-32(76)55(100)65-14-37(88)89)24(4)106-61-43(68-26(6)85)50(110-62-49(95)48(94)45(91)34(18-80)108-62)46(92)35(109-61)19-105-60-42(67-25(5)84)47(93)44(90)33(17-79)107-60/h13,20-24,28-35,38-50,60-62,77-83,90-95H,7-12,14-19,63H2,1-6H3,(H,64,66)(H,65,100)(H,67,84)(H,68,85)(H,69,101)(H,70,98)(H,71,97)(H,72,102)(H,73,96)(H,74,103)(H,75,99)(H,86,87)(H,88,89)/t21-,22-,23-,24-,28+,29+,30+,31+,32+,33-,34-,35-,38+,39-,40+,41+,42-,43-,44-,45+,46+,47-,48+,49-,50-,60-,61+,62+/m1/s1. The van der Waals surface area contributed by atoms with Gasteiger partial charge in [-0.05, 0) is 47.0 Å². The maximum absolute atomic E-state index is 15.2. The first-order chi connectivity index (χ1) is 51.7. The number of aliphatic hydroxyl groups is 13. The predicted octanol–water partition coefficient (Wildman–Crippen LogP) is -16.0. The van der Waals surface area contributed by atoms with E-state index >= 15 is 4.79 Å². The van der Waals surface area contributed by atoms with Crippen LogP contribution in [0.5, 0.6) is 0 Å². The minimum atomic E-state index is -2.20. The molecule has 28 N–H and O–H groups in total. The van der Waals surface area contributed by atoms with E-state index in [1.807, 2.05) is 0 Å². The Morgan fingerprint density at radius 1 is 0.582 bits per heavy atom. The third-order valence-corrected chi connectivity index (χ3v) is 18.0. The Kier molecular flexibility index (Phi) is 35.8. The van der Waals surface area contributed by atoms with Gasteiger partial charge in [-0.25, -0.2) is 4.98 Å². The SMILES string of the molecule is CC(=O)N[C@H]1[C@H](OC[C@H]2O[C@H](O[C@H](C)[C@H](NC(=O)[C@H](CO)NC(=O)[C@H](Cc3cnc[nH]3)NC(=O)[C@H](CO)NC(=O)[C@H](NC(=O)[C@@H](NC(=O)[C@H](CCC(=O)O)NC(=O)[C@@H](N)[C@@H](C)O)[C@@H](C)O)[C@@H](C)O)C(=O)N3CCC[C@H]3C(=O)NCC(=O)O)[C@H](NC(C)=O)[C@@H](O[C@@H]3O[C@H](CO)[C@H](O)[C@H](O)[C@H]3O)[C@H]2O)O[C@H](CO)[C@@H](O)[C@@H]1O. The van der Waals surface area contributed by atoms with E-state index in [-0.39, 0.29) is 25.1 Å². The first kappa shape index (κ1) is 92.1. The number of nitrogens with two attached hydrogens (primary N) is 1. The zero-order chi connectivity index (χ0) is 82.5. The molecule has 0 aliphatic carbocycles. The number of nitrogens with one attached hydrogen (secondary N) is 11. The summed E-state index contributed by atoms with van der Waals surface area (Å²) in [7, 11) is 0. The molecule has 110 heavy (non-hydrogen) atoms. The van der Waals surface area contributed by atoms with Gasteiger partial charge in [-0.1, -0.05) is 0 Å². The molecule has 28 atom stereocenters. The van der Waals surface area contributed by atoms with Crippen molar-refractivity contribution in [2.45, 2.75) is 244 Å². The number of carbonyl (C=O) groups is 13. The lowest BCUT2D eigenvalue weighted by atomic mass is 9.94. The number of carbonyl (C=O) groups excluding carboxylic acids is 11. The van der Waals surface area contributed by atoms with Crippen molar-refractivity contribution in [3.05, 3.63) is 18.2 Å². The second-order valence-corrected chi connectivity index (χ2v) is 26.5. The molecule has 1 aromatic heterocycles. The van der Waals surface area contributed by atoms with E-state index in [4.69, 9.17) is 34.2 Å². The number of H-pyrrole nitrogens is 1. The maximum atomic E-state index is 15.2. The second kappa shape index (κ2) is 42.8. The Balaban J connectivity index is 1.48. The third kappa shape index (κ3) is 25.3. The van der Waals surface area contributed by atoms with Gasteiger partial charge in [0, 0.05) is 45.1 Å². The number of hydrogen-bond donors (Lipinski definition) is 27.